The molecule has 1 amide bonds. The third kappa shape index (κ3) is 4.01. The molecule has 1 aromatic carbocycles. The van der Waals surface area contributed by atoms with E-state index in [1.165, 1.54) is 5.56 Å². The first-order valence-corrected chi connectivity index (χ1v) is 8.16. The first-order chi connectivity index (χ1) is 11.7. The van der Waals surface area contributed by atoms with Gasteiger partial charge in [-0.3, -0.25) is 9.69 Å². The Labute approximate surface area is 142 Å². The van der Waals surface area contributed by atoms with E-state index >= 15 is 0 Å². The van der Waals surface area contributed by atoms with E-state index in [4.69, 9.17) is 9.15 Å². The zero-order valence-electron chi connectivity index (χ0n) is 14.2. The number of amides is 1. The van der Waals surface area contributed by atoms with Crippen molar-refractivity contribution >= 4 is 5.91 Å². The first-order valence-electron chi connectivity index (χ1n) is 8.16. The van der Waals surface area contributed by atoms with Crippen LogP contribution in [0, 0.1) is 6.92 Å². The molecule has 6 nitrogen and oxygen atoms in total. The molecule has 0 bridgehead atoms. The van der Waals surface area contributed by atoms with E-state index in [1.807, 2.05) is 17.0 Å². The molecule has 128 valence electrons. The monoisotopic (exact) mass is 329 g/mol. The molecule has 6 heteroatoms. The summed E-state index contributed by atoms with van der Waals surface area (Å²) >= 11 is 0. The molecule has 0 aliphatic carbocycles. The summed E-state index contributed by atoms with van der Waals surface area (Å²) in [5.74, 6) is 0.708. The number of rotatable bonds is 5. The van der Waals surface area contributed by atoms with Gasteiger partial charge in [-0.05, 0) is 19.1 Å². The van der Waals surface area contributed by atoms with Crippen LogP contribution in [-0.4, -0.2) is 60.6 Å². The van der Waals surface area contributed by atoms with Crippen molar-refractivity contribution in [2.75, 3.05) is 39.9 Å². The predicted molar refractivity (Wildman–Crippen MR) is 90.4 cm³/mol. The molecule has 24 heavy (non-hydrogen) atoms. The number of hydrogen-bond donors (Lipinski definition) is 0. The molecular weight excluding hydrogens is 306 g/mol. The second-order valence-electron chi connectivity index (χ2n) is 6.10. The molecule has 1 fully saturated rings. The number of carbonyl (C=O) groups excluding carboxylic acids is 1. The maximum Gasteiger partial charge on any atom is 0.248 e. The number of nitrogens with zero attached hydrogens (tertiary/aromatic N) is 3. The number of hydrogen-bond acceptors (Lipinski definition) is 5. The number of aryl methyl sites for hydroxylation is 1. The zero-order chi connectivity index (χ0) is 16.9. The van der Waals surface area contributed by atoms with Crippen LogP contribution in [-0.2, 0) is 16.1 Å². The van der Waals surface area contributed by atoms with Crippen LogP contribution >= 0.6 is 0 Å². The van der Waals surface area contributed by atoms with Crippen LogP contribution in [0.5, 0.6) is 0 Å². The number of aromatic nitrogens is 1. The van der Waals surface area contributed by atoms with Crippen molar-refractivity contribution in [1.82, 2.24) is 14.8 Å². The van der Waals surface area contributed by atoms with Gasteiger partial charge >= 0.3 is 0 Å². The minimum absolute atomic E-state index is 0.0558. The van der Waals surface area contributed by atoms with Crippen LogP contribution in [0.15, 0.2) is 34.9 Å². The topological polar surface area (TPSA) is 58.8 Å². The van der Waals surface area contributed by atoms with Crippen LogP contribution in [0.25, 0.3) is 11.5 Å². The fraction of sp³-hybridized carbons (Fsp3) is 0.444. The third-order valence-corrected chi connectivity index (χ3v) is 4.23. The molecule has 0 N–H and O–H groups in total. The molecule has 0 spiro atoms. The standard InChI is InChI=1S/C18H23N3O3/c1-14-3-5-15(6-4-14)18-19-16(12-24-18)11-20-7-9-21(10-8-20)17(22)13-23-2/h3-6,12H,7-11,13H2,1-2H3. The van der Waals surface area contributed by atoms with Gasteiger partial charge in [-0.1, -0.05) is 17.7 Å². The van der Waals surface area contributed by atoms with Crippen molar-refractivity contribution in [3.8, 4) is 11.5 Å². The summed E-state index contributed by atoms with van der Waals surface area (Å²) < 4.78 is 10.5. The van der Waals surface area contributed by atoms with Gasteiger partial charge in [0.2, 0.25) is 11.8 Å². The van der Waals surface area contributed by atoms with E-state index in [-0.39, 0.29) is 12.5 Å². The largest absolute Gasteiger partial charge is 0.444 e. The highest BCUT2D eigenvalue weighted by Gasteiger charge is 2.21. The Kier molecular flexibility index (Phi) is 5.27. The van der Waals surface area contributed by atoms with E-state index in [2.05, 4.69) is 28.9 Å². The van der Waals surface area contributed by atoms with Gasteiger partial charge < -0.3 is 14.1 Å². The maximum atomic E-state index is 11.8. The van der Waals surface area contributed by atoms with Gasteiger partial charge in [0.15, 0.2) is 0 Å². The average Bonchev–Trinajstić information content (AvgIpc) is 3.05. The lowest BCUT2D eigenvalue weighted by Gasteiger charge is -2.34. The molecule has 1 aliphatic heterocycles. The third-order valence-electron chi connectivity index (χ3n) is 4.23. The summed E-state index contributed by atoms with van der Waals surface area (Å²) in [7, 11) is 1.55. The molecule has 1 saturated heterocycles. The minimum Gasteiger partial charge on any atom is -0.444 e. The molecular formula is C18H23N3O3. The van der Waals surface area contributed by atoms with E-state index in [0.29, 0.717) is 5.89 Å². The fourth-order valence-electron chi connectivity index (χ4n) is 2.81. The minimum atomic E-state index is 0.0558. The quantitative estimate of drug-likeness (QED) is 0.839. The summed E-state index contributed by atoms with van der Waals surface area (Å²) in [6.07, 6.45) is 1.72. The molecule has 3 rings (SSSR count). The smallest absolute Gasteiger partial charge is 0.248 e. The predicted octanol–water partition coefficient (Wildman–Crippen LogP) is 1.94. The van der Waals surface area contributed by atoms with E-state index < -0.39 is 0 Å². The lowest BCUT2D eigenvalue weighted by molar-refractivity contribution is -0.136. The van der Waals surface area contributed by atoms with Crippen molar-refractivity contribution in [2.24, 2.45) is 0 Å². The Balaban J connectivity index is 1.54. The molecule has 0 radical (unpaired) electrons. The van der Waals surface area contributed by atoms with Crippen LogP contribution in [0.1, 0.15) is 11.3 Å². The Morgan fingerprint density at radius 2 is 1.92 bits per heavy atom. The molecule has 1 aromatic heterocycles. The highest BCUT2D eigenvalue weighted by atomic mass is 16.5. The van der Waals surface area contributed by atoms with Crippen molar-refractivity contribution in [3.05, 3.63) is 41.8 Å². The van der Waals surface area contributed by atoms with Gasteiger partial charge in [0.05, 0.1) is 5.69 Å². The molecule has 0 atom stereocenters. The number of benzene rings is 1. The fourth-order valence-corrected chi connectivity index (χ4v) is 2.81. The summed E-state index contributed by atoms with van der Waals surface area (Å²) in [6, 6.07) is 8.14. The van der Waals surface area contributed by atoms with Gasteiger partial charge in [0.1, 0.15) is 12.9 Å². The van der Waals surface area contributed by atoms with E-state index in [0.717, 1.165) is 44.0 Å². The summed E-state index contributed by atoms with van der Waals surface area (Å²) in [5.41, 5.74) is 3.12. The number of carbonyl (C=O) groups is 1. The van der Waals surface area contributed by atoms with Crippen molar-refractivity contribution in [1.29, 1.82) is 0 Å². The number of piperazine rings is 1. The van der Waals surface area contributed by atoms with Crippen molar-refractivity contribution in [3.63, 3.8) is 0 Å². The Hall–Kier alpha value is -2.18. The molecule has 0 saturated carbocycles. The summed E-state index contributed by atoms with van der Waals surface area (Å²) in [5, 5.41) is 0. The molecule has 0 unspecified atom stereocenters. The Bertz CT molecular complexity index is 673. The number of oxazole rings is 1. The summed E-state index contributed by atoms with van der Waals surface area (Å²) in [6.45, 7) is 6.08. The molecule has 2 aromatic rings. The Morgan fingerprint density at radius 3 is 2.58 bits per heavy atom. The highest BCUT2D eigenvalue weighted by molar-refractivity contribution is 5.77. The van der Waals surface area contributed by atoms with E-state index in [9.17, 15) is 4.79 Å². The summed E-state index contributed by atoms with van der Waals surface area (Å²) in [4.78, 5) is 20.5. The van der Waals surface area contributed by atoms with Crippen LogP contribution in [0.2, 0.25) is 0 Å². The van der Waals surface area contributed by atoms with Gasteiger partial charge in [-0.2, -0.15) is 0 Å². The van der Waals surface area contributed by atoms with Gasteiger partial charge in [-0.15, -0.1) is 0 Å². The van der Waals surface area contributed by atoms with Crippen molar-refractivity contribution in [2.45, 2.75) is 13.5 Å². The van der Waals surface area contributed by atoms with Gasteiger partial charge in [-0.25, -0.2) is 4.98 Å². The van der Waals surface area contributed by atoms with Crippen LogP contribution in [0.3, 0.4) is 0 Å². The van der Waals surface area contributed by atoms with E-state index in [1.54, 1.807) is 13.4 Å². The highest BCUT2D eigenvalue weighted by Crippen LogP contribution is 2.20. The van der Waals surface area contributed by atoms with Gasteiger partial charge in [0, 0.05) is 45.4 Å². The molecule has 2 heterocycles. The molecule has 1 aliphatic rings. The second kappa shape index (κ2) is 7.59. The second-order valence-corrected chi connectivity index (χ2v) is 6.10. The lowest BCUT2D eigenvalue weighted by atomic mass is 10.1. The first kappa shape index (κ1) is 16.7. The number of ether oxygens (including phenoxy) is 1. The average molecular weight is 329 g/mol. The number of methoxy groups -OCH3 is 1. The maximum absolute atomic E-state index is 11.8. The normalized spacial score (nSPS) is 15.7. The lowest BCUT2D eigenvalue weighted by Crippen LogP contribution is -2.49. The van der Waals surface area contributed by atoms with Crippen molar-refractivity contribution < 1.29 is 13.9 Å². The van der Waals surface area contributed by atoms with Crippen LogP contribution < -0.4 is 0 Å². The zero-order valence-corrected chi connectivity index (χ0v) is 14.2. The SMILES string of the molecule is COCC(=O)N1CCN(Cc2coc(-c3ccc(C)cc3)n2)CC1. The van der Waals surface area contributed by atoms with Gasteiger partial charge in [0.25, 0.3) is 0 Å². The van der Waals surface area contributed by atoms with Crippen LogP contribution in [0.4, 0.5) is 0 Å². The Morgan fingerprint density at radius 1 is 1.21 bits per heavy atom.